The van der Waals surface area contributed by atoms with Crippen molar-refractivity contribution in [1.29, 1.82) is 0 Å². The van der Waals surface area contributed by atoms with Gasteiger partial charge in [-0.1, -0.05) is 11.8 Å². The summed E-state index contributed by atoms with van der Waals surface area (Å²) in [5.74, 6) is 2.97. The lowest BCUT2D eigenvalue weighted by Crippen LogP contribution is -2.45. The molecular weight excluding hydrogens is 396 g/mol. The first-order valence-electron chi connectivity index (χ1n) is 9.65. The number of nitrogens with two attached hydrogens (primary N) is 1. The smallest absolute Gasteiger partial charge is 0.404 e. The number of phenolic OH excluding ortho intramolecular Hbond substituents is 1. The number of anilines is 1. The van der Waals surface area contributed by atoms with E-state index >= 15 is 0 Å². The predicted octanol–water partition coefficient (Wildman–Crippen LogP) is 5.75. The van der Waals surface area contributed by atoms with Crippen LogP contribution in [0.5, 0.6) is 5.75 Å². The van der Waals surface area contributed by atoms with Crippen LogP contribution in [0.3, 0.4) is 0 Å². The highest BCUT2D eigenvalue weighted by atomic mass is 19.4. The Labute approximate surface area is 164 Å². The summed E-state index contributed by atoms with van der Waals surface area (Å²) in [4.78, 5) is 0. The third-order valence-electron chi connectivity index (χ3n) is 6.67. The van der Waals surface area contributed by atoms with Gasteiger partial charge < -0.3 is 10.8 Å². The molecule has 158 valence electrons. The Morgan fingerprint density at radius 3 is 1.86 bits per heavy atom. The van der Waals surface area contributed by atoms with Gasteiger partial charge in [-0.25, -0.2) is 0 Å². The molecule has 1 aromatic rings. The lowest BCUT2D eigenvalue weighted by Gasteiger charge is -2.54. The van der Waals surface area contributed by atoms with E-state index in [1.807, 2.05) is 0 Å². The molecule has 0 spiro atoms. The second kappa shape index (κ2) is 6.48. The molecule has 0 radical (unpaired) electrons. The standard InChI is InChI=1S/C21H21F6NO/c22-20(23,24)18(21(25,26)27)15-7-16(28)17(29)6-14(15)1-2-19-8-11-3-12(9-19)5-13(4-11)10-19/h6-7,11-13,18,29H,3-5,8-10,28H2. The van der Waals surface area contributed by atoms with Gasteiger partial charge in [-0.2, -0.15) is 26.3 Å². The quantitative estimate of drug-likeness (QED) is 0.265. The molecule has 0 saturated heterocycles. The summed E-state index contributed by atoms with van der Waals surface area (Å²) in [5.41, 5.74) is 3.01. The molecule has 4 aliphatic rings. The lowest BCUT2D eigenvalue weighted by molar-refractivity contribution is -0.253. The SMILES string of the molecule is Nc1cc(C(C(F)(F)F)C(F)(F)F)c(C#CC23CC4CC(CC(C4)C2)C3)cc1O. The highest BCUT2D eigenvalue weighted by molar-refractivity contribution is 5.61. The van der Waals surface area contributed by atoms with Crippen molar-refractivity contribution in [3.63, 3.8) is 0 Å². The maximum atomic E-state index is 13.3. The van der Waals surface area contributed by atoms with E-state index in [4.69, 9.17) is 5.73 Å². The largest absolute Gasteiger partial charge is 0.506 e. The Balaban J connectivity index is 1.78. The van der Waals surface area contributed by atoms with E-state index in [0.717, 1.165) is 44.6 Å². The molecule has 4 fully saturated rings. The summed E-state index contributed by atoms with van der Waals surface area (Å²) < 4.78 is 79.8. The van der Waals surface area contributed by atoms with Crippen LogP contribution < -0.4 is 5.73 Å². The zero-order valence-corrected chi connectivity index (χ0v) is 15.5. The van der Waals surface area contributed by atoms with Crippen LogP contribution in [0.25, 0.3) is 0 Å². The van der Waals surface area contributed by atoms with Gasteiger partial charge in [0.15, 0.2) is 5.92 Å². The number of rotatable bonds is 1. The minimum atomic E-state index is -5.56. The van der Waals surface area contributed by atoms with Crippen LogP contribution >= 0.6 is 0 Å². The Hall–Kier alpha value is -2.04. The maximum Gasteiger partial charge on any atom is 0.404 e. The summed E-state index contributed by atoms with van der Waals surface area (Å²) in [7, 11) is 0. The Kier molecular flexibility index (Phi) is 4.52. The van der Waals surface area contributed by atoms with Gasteiger partial charge in [-0.05, 0) is 74.0 Å². The Bertz CT molecular complexity index is 827. The number of halogens is 6. The molecule has 4 aliphatic carbocycles. The molecule has 29 heavy (non-hydrogen) atoms. The van der Waals surface area contributed by atoms with Crippen molar-refractivity contribution < 1.29 is 31.4 Å². The molecule has 0 aromatic heterocycles. The van der Waals surface area contributed by atoms with Crippen LogP contribution in [0.2, 0.25) is 0 Å². The summed E-state index contributed by atoms with van der Waals surface area (Å²) >= 11 is 0. The number of benzene rings is 1. The molecular formula is C21H21F6NO. The average Bonchev–Trinajstić information content (AvgIpc) is 2.53. The van der Waals surface area contributed by atoms with Crippen LogP contribution in [0.1, 0.15) is 55.6 Å². The summed E-state index contributed by atoms with van der Waals surface area (Å²) in [6.07, 6.45) is -5.19. The van der Waals surface area contributed by atoms with Crippen molar-refractivity contribution in [3.05, 3.63) is 23.3 Å². The molecule has 0 unspecified atom stereocenters. The van der Waals surface area contributed by atoms with Gasteiger partial charge >= 0.3 is 12.4 Å². The van der Waals surface area contributed by atoms with E-state index in [0.29, 0.717) is 23.8 Å². The zero-order chi connectivity index (χ0) is 21.2. The normalized spacial score (nSPS) is 31.1. The fourth-order valence-corrected chi connectivity index (χ4v) is 5.97. The molecule has 0 amide bonds. The van der Waals surface area contributed by atoms with E-state index in [1.54, 1.807) is 0 Å². The van der Waals surface area contributed by atoms with Gasteiger partial charge in [0, 0.05) is 11.0 Å². The predicted molar refractivity (Wildman–Crippen MR) is 94.9 cm³/mol. The summed E-state index contributed by atoms with van der Waals surface area (Å²) in [6.45, 7) is 0. The summed E-state index contributed by atoms with van der Waals surface area (Å²) in [5, 5.41) is 9.82. The van der Waals surface area contributed by atoms with Crippen molar-refractivity contribution in [3.8, 4) is 17.6 Å². The molecule has 2 nitrogen and oxygen atoms in total. The zero-order valence-electron chi connectivity index (χ0n) is 15.5. The number of hydrogen-bond donors (Lipinski definition) is 2. The lowest BCUT2D eigenvalue weighted by atomic mass is 9.50. The first-order valence-corrected chi connectivity index (χ1v) is 9.65. The first-order chi connectivity index (χ1) is 13.4. The second-order valence-corrected chi connectivity index (χ2v) is 8.96. The molecule has 0 aliphatic heterocycles. The molecule has 0 atom stereocenters. The fourth-order valence-electron chi connectivity index (χ4n) is 5.97. The highest BCUT2D eigenvalue weighted by Crippen LogP contribution is 2.59. The van der Waals surface area contributed by atoms with Crippen LogP contribution in [0.15, 0.2) is 12.1 Å². The van der Waals surface area contributed by atoms with Gasteiger partial charge in [0.05, 0.1) is 5.69 Å². The first kappa shape index (κ1) is 20.2. The molecule has 8 heteroatoms. The van der Waals surface area contributed by atoms with Crippen LogP contribution in [0.4, 0.5) is 32.0 Å². The molecule has 3 N–H and O–H groups in total. The number of nitrogen functional groups attached to an aromatic ring is 1. The van der Waals surface area contributed by atoms with Crippen molar-refractivity contribution in [1.82, 2.24) is 0 Å². The van der Waals surface area contributed by atoms with Gasteiger partial charge in [-0.15, -0.1) is 0 Å². The molecule has 5 rings (SSSR count). The number of hydrogen-bond acceptors (Lipinski definition) is 2. The van der Waals surface area contributed by atoms with E-state index < -0.39 is 40.8 Å². The van der Waals surface area contributed by atoms with Crippen molar-refractivity contribution in [2.45, 2.75) is 56.8 Å². The van der Waals surface area contributed by atoms with E-state index in [9.17, 15) is 31.4 Å². The topological polar surface area (TPSA) is 46.2 Å². The number of alkyl halides is 6. The molecule has 4 bridgehead atoms. The van der Waals surface area contributed by atoms with E-state index in [2.05, 4.69) is 11.8 Å². The third kappa shape index (κ3) is 3.76. The van der Waals surface area contributed by atoms with Crippen molar-refractivity contribution in [2.75, 3.05) is 5.73 Å². The van der Waals surface area contributed by atoms with Gasteiger partial charge in [0.2, 0.25) is 0 Å². The molecule has 0 heterocycles. The Morgan fingerprint density at radius 2 is 1.41 bits per heavy atom. The molecule has 1 aromatic carbocycles. The summed E-state index contributed by atoms with van der Waals surface area (Å²) in [6, 6.07) is 1.37. The number of aromatic hydroxyl groups is 1. The van der Waals surface area contributed by atoms with Crippen molar-refractivity contribution in [2.24, 2.45) is 23.2 Å². The minimum absolute atomic E-state index is 0.352. The van der Waals surface area contributed by atoms with E-state index in [-0.39, 0.29) is 5.41 Å². The van der Waals surface area contributed by atoms with Crippen LogP contribution in [-0.4, -0.2) is 17.5 Å². The number of phenols is 1. The highest BCUT2D eigenvalue weighted by Gasteiger charge is 2.58. The Morgan fingerprint density at radius 1 is 0.931 bits per heavy atom. The average molecular weight is 417 g/mol. The second-order valence-electron chi connectivity index (χ2n) is 8.96. The van der Waals surface area contributed by atoms with Crippen molar-refractivity contribution >= 4 is 5.69 Å². The minimum Gasteiger partial charge on any atom is -0.506 e. The van der Waals surface area contributed by atoms with Gasteiger partial charge in [-0.3, -0.25) is 0 Å². The fraction of sp³-hybridized carbons (Fsp3) is 0.619. The molecule has 4 saturated carbocycles. The van der Waals surface area contributed by atoms with Crippen LogP contribution in [0, 0.1) is 35.0 Å². The van der Waals surface area contributed by atoms with Gasteiger partial charge in [0.25, 0.3) is 0 Å². The van der Waals surface area contributed by atoms with E-state index in [1.165, 1.54) is 0 Å². The maximum absolute atomic E-state index is 13.3. The third-order valence-corrected chi connectivity index (χ3v) is 6.67. The van der Waals surface area contributed by atoms with Crippen LogP contribution in [-0.2, 0) is 0 Å². The monoisotopic (exact) mass is 417 g/mol. The van der Waals surface area contributed by atoms with Gasteiger partial charge in [0.1, 0.15) is 5.75 Å².